The molecule has 4 rings (SSSR count). The monoisotopic (exact) mass is 596 g/mol. The van der Waals surface area contributed by atoms with E-state index < -0.39 is 0 Å². The fraction of sp³-hybridized carbons (Fsp3) is 0.917. The molecule has 0 aromatic rings. The van der Waals surface area contributed by atoms with Crippen molar-refractivity contribution >= 4 is 30.8 Å². The lowest BCUT2D eigenvalue weighted by atomic mass is 9.79. The quantitative estimate of drug-likeness (QED) is 0.351. The van der Waals surface area contributed by atoms with Gasteiger partial charge < -0.3 is 5.11 Å². The average Bonchev–Trinajstić information content (AvgIpc) is 2.90. The van der Waals surface area contributed by atoms with E-state index in [4.69, 9.17) is 0 Å². The van der Waals surface area contributed by atoms with Crippen LogP contribution in [-0.2, 0) is 14.4 Å². The molecule has 0 aliphatic heterocycles. The SMILES string of the molecule is CC(C)C1CCCCC1=O.CC(C)[C@@H]1CCCCC1=O.CC(C)[C@H]1CCCCC1=O.CC(C)[C@H]1CCCC[C@H]1O.S. The first kappa shape index (κ1) is 40.3. The molecule has 242 valence electrons. The van der Waals surface area contributed by atoms with Crippen LogP contribution in [-0.4, -0.2) is 28.6 Å². The summed E-state index contributed by atoms with van der Waals surface area (Å²) >= 11 is 0. The van der Waals surface area contributed by atoms with Gasteiger partial charge in [0.05, 0.1) is 6.10 Å². The number of hydrogen-bond acceptors (Lipinski definition) is 4. The largest absolute Gasteiger partial charge is 0.393 e. The lowest BCUT2D eigenvalue weighted by Gasteiger charge is -2.30. The summed E-state index contributed by atoms with van der Waals surface area (Å²) < 4.78 is 0. The maximum atomic E-state index is 11.2. The van der Waals surface area contributed by atoms with Gasteiger partial charge in [-0.15, -0.1) is 0 Å². The molecule has 0 saturated heterocycles. The predicted octanol–water partition coefficient (Wildman–Crippen LogP) is 9.51. The minimum atomic E-state index is -0.00579. The molecule has 0 heterocycles. The van der Waals surface area contributed by atoms with E-state index in [9.17, 15) is 19.5 Å². The van der Waals surface area contributed by atoms with Gasteiger partial charge in [0.25, 0.3) is 0 Å². The van der Waals surface area contributed by atoms with Gasteiger partial charge in [0.2, 0.25) is 0 Å². The lowest BCUT2D eigenvalue weighted by Crippen LogP contribution is -2.28. The molecule has 0 bridgehead atoms. The van der Waals surface area contributed by atoms with Crippen molar-refractivity contribution < 1.29 is 19.5 Å². The zero-order valence-corrected chi connectivity index (χ0v) is 29.2. The Morgan fingerprint density at radius 1 is 0.463 bits per heavy atom. The van der Waals surface area contributed by atoms with Gasteiger partial charge in [-0.25, -0.2) is 0 Å². The summed E-state index contributed by atoms with van der Waals surface area (Å²) in [7, 11) is 0. The molecule has 4 saturated carbocycles. The summed E-state index contributed by atoms with van der Waals surface area (Å²) in [4.78, 5) is 33.7. The number of ketones is 3. The van der Waals surface area contributed by atoms with Crippen molar-refractivity contribution in [2.45, 2.75) is 164 Å². The second-order valence-corrected chi connectivity index (χ2v) is 14.4. The summed E-state index contributed by atoms with van der Waals surface area (Å²) in [5.74, 6) is 5.58. The van der Waals surface area contributed by atoms with Crippen molar-refractivity contribution in [1.82, 2.24) is 0 Å². The standard InChI is InChI=1S/C9H18O.3C9H16O.H2S/c4*1-7(2)8-5-3-4-6-9(8)10;/h7-10H,3-6H2,1-2H3;3*7-8H,3-6H2,1-2H3;1H2/t8-,9-;2*8-;;/m110../s1. The highest BCUT2D eigenvalue weighted by Gasteiger charge is 2.27. The number of hydrogen-bond donors (Lipinski definition) is 1. The topological polar surface area (TPSA) is 71.4 Å². The van der Waals surface area contributed by atoms with Gasteiger partial charge in [-0.2, -0.15) is 13.5 Å². The van der Waals surface area contributed by atoms with E-state index in [2.05, 4.69) is 55.4 Å². The van der Waals surface area contributed by atoms with Gasteiger partial charge >= 0.3 is 0 Å². The maximum Gasteiger partial charge on any atom is 0.136 e. The van der Waals surface area contributed by atoms with Crippen LogP contribution in [0.2, 0.25) is 0 Å². The normalized spacial score (nSPS) is 28.6. The molecule has 4 nitrogen and oxygen atoms in total. The van der Waals surface area contributed by atoms with E-state index in [0.29, 0.717) is 64.7 Å². The Morgan fingerprint density at radius 2 is 0.756 bits per heavy atom. The zero-order chi connectivity index (χ0) is 30.2. The van der Waals surface area contributed by atoms with Gasteiger partial charge in [0, 0.05) is 37.0 Å². The van der Waals surface area contributed by atoms with Crippen molar-refractivity contribution in [2.24, 2.45) is 47.3 Å². The highest BCUT2D eigenvalue weighted by Crippen LogP contribution is 2.30. The highest BCUT2D eigenvalue weighted by molar-refractivity contribution is 7.59. The number of Topliss-reactive ketones (excluding diaryl/α,β-unsaturated/α-hetero) is 3. The third-order valence-corrected chi connectivity index (χ3v) is 9.86. The van der Waals surface area contributed by atoms with Crippen LogP contribution in [0.1, 0.15) is 158 Å². The first-order chi connectivity index (χ1) is 18.9. The molecule has 1 unspecified atom stereocenters. The molecular weight excluding hydrogens is 528 g/mol. The fourth-order valence-corrected chi connectivity index (χ4v) is 7.06. The Kier molecular flexibility index (Phi) is 21.6. The number of carbonyl (C=O) groups is 3. The average molecular weight is 597 g/mol. The predicted molar refractivity (Wildman–Crippen MR) is 179 cm³/mol. The third kappa shape index (κ3) is 15.6. The Balaban J connectivity index is 0.000000516. The molecule has 4 aliphatic carbocycles. The minimum absolute atomic E-state index is 0. The van der Waals surface area contributed by atoms with Crippen LogP contribution in [0, 0.1) is 47.3 Å². The Morgan fingerprint density at radius 3 is 0.951 bits per heavy atom. The minimum Gasteiger partial charge on any atom is -0.393 e. The van der Waals surface area contributed by atoms with E-state index in [0.717, 1.165) is 64.2 Å². The summed E-state index contributed by atoms with van der Waals surface area (Å²) in [6.07, 6.45) is 17.9. The van der Waals surface area contributed by atoms with Crippen LogP contribution in [0.25, 0.3) is 0 Å². The van der Waals surface area contributed by atoms with Crippen LogP contribution >= 0.6 is 13.5 Å². The first-order valence-electron chi connectivity index (χ1n) is 17.1. The molecule has 5 atom stereocenters. The third-order valence-electron chi connectivity index (χ3n) is 9.86. The molecule has 41 heavy (non-hydrogen) atoms. The lowest BCUT2D eigenvalue weighted by molar-refractivity contribution is -0.126. The van der Waals surface area contributed by atoms with Crippen molar-refractivity contribution in [3.05, 3.63) is 0 Å². The molecular formula is C36H68O4S. The Bertz CT molecular complexity index is 653. The van der Waals surface area contributed by atoms with Crippen molar-refractivity contribution in [1.29, 1.82) is 0 Å². The van der Waals surface area contributed by atoms with E-state index >= 15 is 0 Å². The molecule has 0 amide bonds. The van der Waals surface area contributed by atoms with Crippen LogP contribution in [0.15, 0.2) is 0 Å². The van der Waals surface area contributed by atoms with Crippen molar-refractivity contribution in [2.75, 3.05) is 0 Å². The second-order valence-electron chi connectivity index (χ2n) is 14.4. The molecule has 4 aliphatic rings. The van der Waals surface area contributed by atoms with E-state index in [1.807, 2.05) is 0 Å². The smallest absolute Gasteiger partial charge is 0.136 e. The maximum absolute atomic E-state index is 11.2. The van der Waals surface area contributed by atoms with Gasteiger partial charge in [-0.05, 0) is 81.0 Å². The summed E-state index contributed by atoms with van der Waals surface area (Å²) in [6, 6.07) is 0. The summed E-state index contributed by atoms with van der Waals surface area (Å²) in [5.41, 5.74) is 0. The second kappa shape index (κ2) is 21.9. The summed E-state index contributed by atoms with van der Waals surface area (Å²) in [5, 5.41) is 9.54. The molecule has 1 N–H and O–H groups in total. The van der Waals surface area contributed by atoms with Gasteiger partial charge in [-0.1, -0.05) is 87.5 Å². The van der Waals surface area contributed by atoms with Crippen molar-refractivity contribution in [3.8, 4) is 0 Å². The fourth-order valence-electron chi connectivity index (χ4n) is 7.06. The number of rotatable bonds is 4. The van der Waals surface area contributed by atoms with Crippen molar-refractivity contribution in [3.63, 3.8) is 0 Å². The Labute approximate surface area is 261 Å². The zero-order valence-electron chi connectivity index (χ0n) is 28.2. The van der Waals surface area contributed by atoms with Crippen LogP contribution in [0.5, 0.6) is 0 Å². The molecule has 0 spiro atoms. The van der Waals surface area contributed by atoms with Crippen LogP contribution < -0.4 is 0 Å². The molecule has 0 radical (unpaired) electrons. The first-order valence-corrected chi connectivity index (χ1v) is 17.1. The highest BCUT2D eigenvalue weighted by atomic mass is 32.1. The number of aliphatic hydroxyl groups is 1. The molecule has 0 aromatic carbocycles. The van der Waals surface area contributed by atoms with Gasteiger partial charge in [0.15, 0.2) is 0 Å². The molecule has 5 heteroatoms. The van der Waals surface area contributed by atoms with Crippen LogP contribution in [0.4, 0.5) is 0 Å². The van der Waals surface area contributed by atoms with Gasteiger partial charge in [-0.3, -0.25) is 14.4 Å². The van der Waals surface area contributed by atoms with Gasteiger partial charge in [0.1, 0.15) is 17.3 Å². The molecule has 0 aromatic heterocycles. The number of carbonyl (C=O) groups excluding carboxylic acids is 3. The summed E-state index contributed by atoms with van der Waals surface area (Å²) in [6.45, 7) is 17.3. The number of aliphatic hydroxyl groups excluding tert-OH is 1. The molecule has 4 fully saturated rings. The van der Waals surface area contributed by atoms with E-state index in [1.54, 1.807) is 0 Å². The van der Waals surface area contributed by atoms with E-state index in [-0.39, 0.29) is 19.6 Å². The van der Waals surface area contributed by atoms with Crippen LogP contribution in [0.3, 0.4) is 0 Å². The Hall–Kier alpha value is -0.680. The van der Waals surface area contributed by atoms with E-state index in [1.165, 1.54) is 38.5 Å².